The minimum Gasteiger partial charge on any atom is -0.337 e. The molecule has 2 rings (SSSR count). The summed E-state index contributed by atoms with van der Waals surface area (Å²) in [5, 5.41) is 3.45. The van der Waals surface area contributed by atoms with Crippen molar-refractivity contribution in [2.45, 2.75) is 39.2 Å². The Hall–Kier alpha value is -1.42. The summed E-state index contributed by atoms with van der Waals surface area (Å²) in [4.78, 5) is 14.4. The minimum atomic E-state index is -0.356. The molecular formula is C16H23FN2O. The maximum atomic E-state index is 13.4. The van der Waals surface area contributed by atoms with Crippen molar-refractivity contribution in [3.8, 4) is 0 Å². The summed E-state index contributed by atoms with van der Waals surface area (Å²) in [6.07, 6.45) is 3.52. The SMILES string of the molecule is CCN(CC1CCCCN1)C(=O)c1cc(F)ccc1C. The normalized spacial score (nSPS) is 18.9. The predicted molar refractivity (Wildman–Crippen MR) is 78.4 cm³/mol. The van der Waals surface area contributed by atoms with E-state index in [4.69, 9.17) is 0 Å². The van der Waals surface area contributed by atoms with Crippen LogP contribution in [0.5, 0.6) is 0 Å². The Morgan fingerprint density at radius 1 is 1.45 bits per heavy atom. The first-order valence-corrected chi connectivity index (χ1v) is 7.40. The number of amides is 1. The molecule has 1 amide bonds. The highest BCUT2D eigenvalue weighted by atomic mass is 19.1. The third-order valence-electron chi connectivity index (χ3n) is 3.95. The zero-order valence-corrected chi connectivity index (χ0v) is 12.3. The van der Waals surface area contributed by atoms with Crippen LogP contribution in [0.25, 0.3) is 0 Å². The fourth-order valence-electron chi connectivity index (χ4n) is 2.70. The van der Waals surface area contributed by atoms with Gasteiger partial charge in [0.25, 0.3) is 5.91 Å². The number of carbonyl (C=O) groups is 1. The number of carbonyl (C=O) groups excluding carboxylic acids is 1. The molecular weight excluding hydrogens is 255 g/mol. The molecule has 1 unspecified atom stereocenters. The van der Waals surface area contributed by atoms with Crippen molar-refractivity contribution in [2.24, 2.45) is 0 Å². The van der Waals surface area contributed by atoms with Crippen LogP contribution in [-0.2, 0) is 0 Å². The van der Waals surface area contributed by atoms with Crippen LogP contribution in [0.3, 0.4) is 0 Å². The van der Waals surface area contributed by atoms with Crippen molar-refractivity contribution in [1.82, 2.24) is 10.2 Å². The Morgan fingerprint density at radius 3 is 2.90 bits per heavy atom. The molecule has 0 spiro atoms. The molecule has 0 radical (unpaired) electrons. The lowest BCUT2D eigenvalue weighted by Crippen LogP contribution is -2.45. The minimum absolute atomic E-state index is 0.0723. The first-order chi connectivity index (χ1) is 9.61. The smallest absolute Gasteiger partial charge is 0.254 e. The summed E-state index contributed by atoms with van der Waals surface area (Å²) >= 11 is 0. The van der Waals surface area contributed by atoms with E-state index in [0.717, 1.165) is 18.5 Å². The van der Waals surface area contributed by atoms with Gasteiger partial charge in [0.05, 0.1) is 0 Å². The molecule has 3 nitrogen and oxygen atoms in total. The Kier molecular flexibility index (Phi) is 5.12. The summed E-state index contributed by atoms with van der Waals surface area (Å²) in [5.74, 6) is -0.428. The summed E-state index contributed by atoms with van der Waals surface area (Å²) < 4.78 is 13.4. The number of halogens is 1. The van der Waals surface area contributed by atoms with Crippen LogP contribution < -0.4 is 5.32 Å². The van der Waals surface area contributed by atoms with Gasteiger partial charge in [-0.25, -0.2) is 4.39 Å². The average molecular weight is 278 g/mol. The third-order valence-corrected chi connectivity index (χ3v) is 3.95. The van der Waals surface area contributed by atoms with E-state index < -0.39 is 0 Å². The van der Waals surface area contributed by atoms with Crippen LogP contribution in [0.4, 0.5) is 4.39 Å². The van der Waals surface area contributed by atoms with Gasteiger partial charge >= 0.3 is 0 Å². The van der Waals surface area contributed by atoms with Gasteiger partial charge < -0.3 is 10.2 Å². The van der Waals surface area contributed by atoms with Gasteiger partial charge in [-0.05, 0) is 50.9 Å². The molecule has 1 N–H and O–H groups in total. The molecule has 0 aromatic heterocycles. The Labute approximate surface area is 120 Å². The molecule has 110 valence electrons. The number of benzene rings is 1. The number of rotatable bonds is 4. The maximum Gasteiger partial charge on any atom is 0.254 e. The highest BCUT2D eigenvalue weighted by molar-refractivity contribution is 5.95. The highest BCUT2D eigenvalue weighted by Crippen LogP contribution is 2.15. The van der Waals surface area contributed by atoms with Crippen LogP contribution in [0, 0.1) is 12.7 Å². The molecule has 1 aromatic rings. The first-order valence-electron chi connectivity index (χ1n) is 7.40. The van der Waals surface area contributed by atoms with Crippen LogP contribution >= 0.6 is 0 Å². The second-order valence-electron chi connectivity index (χ2n) is 5.45. The van der Waals surface area contributed by atoms with Crippen molar-refractivity contribution in [3.05, 3.63) is 35.1 Å². The van der Waals surface area contributed by atoms with Crippen molar-refractivity contribution in [3.63, 3.8) is 0 Å². The summed E-state index contributed by atoms with van der Waals surface area (Å²) in [5.41, 5.74) is 1.30. The van der Waals surface area contributed by atoms with Crippen molar-refractivity contribution < 1.29 is 9.18 Å². The van der Waals surface area contributed by atoms with Gasteiger partial charge in [0.15, 0.2) is 0 Å². The number of hydrogen-bond acceptors (Lipinski definition) is 2. The largest absolute Gasteiger partial charge is 0.337 e. The van der Waals surface area contributed by atoms with E-state index in [-0.39, 0.29) is 11.7 Å². The van der Waals surface area contributed by atoms with Gasteiger partial charge in [-0.2, -0.15) is 0 Å². The summed E-state index contributed by atoms with van der Waals surface area (Å²) in [7, 11) is 0. The first kappa shape index (κ1) is 15.0. The lowest BCUT2D eigenvalue weighted by molar-refractivity contribution is 0.0740. The van der Waals surface area contributed by atoms with E-state index in [1.165, 1.54) is 25.0 Å². The van der Waals surface area contributed by atoms with E-state index >= 15 is 0 Å². The molecule has 0 bridgehead atoms. The molecule has 1 aliphatic rings. The van der Waals surface area contributed by atoms with Crippen molar-refractivity contribution >= 4 is 5.91 Å². The Balaban J connectivity index is 2.09. The second-order valence-corrected chi connectivity index (χ2v) is 5.45. The number of hydrogen-bond donors (Lipinski definition) is 1. The van der Waals surface area contributed by atoms with Crippen LogP contribution in [0.1, 0.15) is 42.1 Å². The maximum absolute atomic E-state index is 13.4. The fraction of sp³-hybridized carbons (Fsp3) is 0.562. The van der Waals surface area contributed by atoms with Gasteiger partial charge in [0.2, 0.25) is 0 Å². The van der Waals surface area contributed by atoms with Gasteiger partial charge in [-0.15, -0.1) is 0 Å². The second kappa shape index (κ2) is 6.84. The van der Waals surface area contributed by atoms with Gasteiger partial charge in [0.1, 0.15) is 5.82 Å². The number of nitrogens with one attached hydrogen (secondary N) is 1. The molecule has 0 saturated carbocycles. The Morgan fingerprint density at radius 2 is 2.25 bits per heavy atom. The molecule has 1 heterocycles. The standard InChI is InChI=1S/C16H23FN2O/c1-3-19(11-14-6-4-5-9-18-14)16(20)15-10-13(17)8-7-12(15)2/h7-8,10,14,18H,3-6,9,11H2,1-2H3. The Bertz CT molecular complexity index is 470. The molecule has 1 aliphatic heterocycles. The fourth-order valence-corrected chi connectivity index (χ4v) is 2.70. The average Bonchev–Trinajstić information content (AvgIpc) is 2.47. The van der Waals surface area contributed by atoms with Crippen LogP contribution in [0.2, 0.25) is 0 Å². The number of piperidine rings is 1. The molecule has 20 heavy (non-hydrogen) atoms. The van der Waals surface area contributed by atoms with Gasteiger partial charge in [-0.3, -0.25) is 4.79 Å². The van der Waals surface area contributed by atoms with Gasteiger partial charge in [0, 0.05) is 24.7 Å². The third kappa shape index (κ3) is 3.57. The van der Waals surface area contributed by atoms with Crippen molar-refractivity contribution in [1.29, 1.82) is 0 Å². The molecule has 0 aliphatic carbocycles. The summed E-state index contributed by atoms with van der Waals surface area (Å²) in [6, 6.07) is 4.76. The lowest BCUT2D eigenvalue weighted by Gasteiger charge is -2.30. The summed E-state index contributed by atoms with van der Waals surface area (Å²) in [6.45, 7) is 6.18. The van der Waals surface area contributed by atoms with E-state index in [1.54, 1.807) is 6.07 Å². The number of aryl methyl sites for hydroxylation is 1. The van der Waals surface area contributed by atoms with E-state index in [0.29, 0.717) is 24.7 Å². The molecule has 1 aromatic carbocycles. The van der Waals surface area contributed by atoms with E-state index in [1.807, 2.05) is 18.7 Å². The quantitative estimate of drug-likeness (QED) is 0.918. The molecule has 4 heteroatoms. The van der Waals surface area contributed by atoms with Crippen LogP contribution in [0.15, 0.2) is 18.2 Å². The monoisotopic (exact) mass is 278 g/mol. The predicted octanol–water partition coefficient (Wildman–Crippen LogP) is 2.74. The molecule has 1 saturated heterocycles. The zero-order chi connectivity index (χ0) is 14.5. The topological polar surface area (TPSA) is 32.3 Å². The molecule has 1 atom stereocenters. The highest BCUT2D eigenvalue weighted by Gasteiger charge is 2.21. The zero-order valence-electron chi connectivity index (χ0n) is 12.3. The van der Waals surface area contributed by atoms with E-state index in [9.17, 15) is 9.18 Å². The van der Waals surface area contributed by atoms with Gasteiger partial charge in [-0.1, -0.05) is 12.5 Å². The molecule has 1 fully saturated rings. The van der Waals surface area contributed by atoms with E-state index in [2.05, 4.69) is 5.32 Å². The lowest BCUT2D eigenvalue weighted by atomic mass is 10.0. The number of nitrogens with zero attached hydrogens (tertiary/aromatic N) is 1. The number of likely N-dealkylation sites (N-methyl/N-ethyl adjacent to an activating group) is 1. The van der Waals surface area contributed by atoms with Crippen molar-refractivity contribution in [2.75, 3.05) is 19.6 Å². The van der Waals surface area contributed by atoms with Crippen LogP contribution in [-0.4, -0.2) is 36.5 Å².